The Labute approximate surface area is 155 Å². The van der Waals surface area contributed by atoms with Crippen molar-refractivity contribution < 1.29 is 9.59 Å². The third-order valence-electron chi connectivity index (χ3n) is 5.84. The molecule has 0 N–H and O–H groups in total. The van der Waals surface area contributed by atoms with Gasteiger partial charge in [-0.2, -0.15) is 0 Å². The molecule has 4 rings (SSSR count). The van der Waals surface area contributed by atoms with Crippen molar-refractivity contribution in [3.05, 3.63) is 30.1 Å². The molecule has 0 spiro atoms. The molecule has 6 nitrogen and oxygen atoms in total. The van der Waals surface area contributed by atoms with E-state index in [0.29, 0.717) is 25.7 Å². The Kier molecular flexibility index (Phi) is 5.09. The number of urea groups is 1. The predicted octanol–water partition coefficient (Wildman–Crippen LogP) is 2.50. The summed E-state index contributed by atoms with van der Waals surface area (Å²) >= 11 is 0. The van der Waals surface area contributed by atoms with Gasteiger partial charge in [0.2, 0.25) is 5.91 Å². The van der Waals surface area contributed by atoms with E-state index in [2.05, 4.69) is 9.88 Å². The zero-order valence-electron chi connectivity index (χ0n) is 15.3. The molecule has 3 heterocycles. The number of aromatic nitrogens is 1. The van der Waals surface area contributed by atoms with Crippen LogP contribution in [0.25, 0.3) is 0 Å². The molecule has 1 aliphatic carbocycles. The summed E-state index contributed by atoms with van der Waals surface area (Å²) in [5.41, 5.74) is 1.09. The maximum atomic E-state index is 13.1. The van der Waals surface area contributed by atoms with Crippen LogP contribution < -0.4 is 0 Å². The largest absolute Gasteiger partial charge is 0.335 e. The van der Waals surface area contributed by atoms with Gasteiger partial charge in [0.25, 0.3) is 0 Å². The highest BCUT2D eigenvalue weighted by Gasteiger charge is 2.38. The Balaban J connectivity index is 1.33. The van der Waals surface area contributed by atoms with E-state index in [9.17, 15) is 9.59 Å². The third kappa shape index (κ3) is 3.84. The van der Waals surface area contributed by atoms with E-state index < -0.39 is 0 Å². The Bertz CT molecular complexity index is 632. The van der Waals surface area contributed by atoms with Crippen molar-refractivity contribution in [2.24, 2.45) is 5.92 Å². The van der Waals surface area contributed by atoms with Gasteiger partial charge in [-0.3, -0.25) is 9.78 Å². The Hall–Kier alpha value is -2.11. The lowest BCUT2D eigenvalue weighted by Crippen LogP contribution is -2.48. The quantitative estimate of drug-likeness (QED) is 0.833. The summed E-state index contributed by atoms with van der Waals surface area (Å²) in [5.74, 6) is 0.319. The number of nitrogens with zero attached hydrogens (tertiary/aromatic N) is 4. The highest BCUT2D eigenvalue weighted by Crippen LogP contribution is 2.32. The fourth-order valence-electron chi connectivity index (χ4n) is 4.12. The number of pyridine rings is 1. The number of piperidine rings is 1. The molecule has 0 radical (unpaired) electrons. The summed E-state index contributed by atoms with van der Waals surface area (Å²) in [7, 11) is 0. The van der Waals surface area contributed by atoms with Crippen LogP contribution in [0, 0.1) is 5.92 Å². The lowest BCUT2D eigenvalue weighted by Gasteiger charge is -2.36. The van der Waals surface area contributed by atoms with Crippen molar-refractivity contribution in [2.45, 2.75) is 51.1 Å². The Morgan fingerprint density at radius 2 is 1.73 bits per heavy atom. The van der Waals surface area contributed by atoms with Gasteiger partial charge in [0, 0.05) is 57.1 Å². The predicted molar refractivity (Wildman–Crippen MR) is 98.3 cm³/mol. The van der Waals surface area contributed by atoms with Gasteiger partial charge < -0.3 is 14.7 Å². The van der Waals surface area contributed by atoms with E-state index >= 15 is 0 Å². The fourth-order valence-corrected chi connectivity index (χ4v) is 4.12. The van der Waals surface area contributed by atoms with E-state index in [1.165, 1.54) is 0 Å². The normalized spacial score (nSPS) is 21.1. The first kappa shape index (κ1) is 17.3. The van der Waals surface area contributed by atoms with Gasteiger partial charge in [0.05, 0.1) is 0 Å². The molecule has 3 fully saturated rings. The number of amides is 3. The van der Waals surface area contributed by atoms with E-state index in [1.54, 1.807) is 6.20 Å². The van der Waals surface area contributed by atoms with Crippen LogP contribution in [0.4, 0.5) is 4.79 Å². The number of likely N-dealkylation sites (tertiary alicyclic amines) is 2. The molecule has 0 bridgehead atoms. The summed E-state index contributed by atoms with van der Waals surface area (Å²) in [6, 6.07) is 4.52. The topological polar surface area (TPSA) is 56.8 Å². The van der Waals surface area contributed by atoms with Crippen LogP contribution in [0.1, 0.15) is 44.1 Å². The van der Waals surface area contributed by atoms with Crippen molar-refractivity contribution in [3.8, 4) is 0 Å². The average Bonchev–Trinajstić information content (AvgIpc) is 3.39. The minimum Gasteiger partial charge on any atom is -0.335 e. The van der Waals surface area contributed by atoms with E-state index in [4.69, 9.17) is 0 Å². The molecule has 2 aliphatic heterocycles. The minimum atomic E-state index is 0.0508. The van der Waals surface area contributed by atoms with Gasteiger partial charge in [-0.1, -0.05) is 6.07 Å². The van der Waals surface area contributed by atoms with Crippen LogP contribution >= 0.6 is 0 Å². The number of hydrogen-bond acceptors (Lipinski definition) is 3. The maximum Gasteiger partial charge on any atom is 0.319 e. The molecule has 1 saturated carbocycles. The number of carbonyl (C=O) groups is 2. The number of carbonyl (C=O) groups excluding carboxylic acids is 2. The smallest absolute Gasteiger partial charge is 0.319 e. The van der Waals surface area contributed by atoms with Gasteiger partial charge in [-0.05, 0) is 50.2 Å². The van der Waals surface area contributed by atoms with Crippen LogP contribution in [-0.2, 0) is 11.3 Å². The summed E-state index contributed by atoms with van der Waals surface area (Å²) in [5, 5.41) is 0. The van der Waals surface area contributed by atoms with Crippen molar-refractivity contribution in [2.75, 3.05) is 26.2 Å². The number of hydrogen-bond donors (Lipinski definition) is 0. The Morgan fingerprint density at radius 1 is 1.04 bits per heavy atom. The van der Waals surface area contributed by atoms with Gasteiger partial charge in [-0.15, -0.1) is 0 Å². The van der Waals surface area contributed by atoms with E-state index in [1.807, 2.05) is 28.1 Å². The Morgan fingerprint density at radius 3 is 2.35 bits per heavy atom. The molecular formula is C20H28N4O2. The average molecular weight is 356 g/mol. The van der Waals surface area contributed by atoms with Gasteiger partial charge in [-0.25, -0.2) is 4.79 Å². The third-order valence-corrected chi connectivity index (χ3v) is 5.84. The molecule has 3 amide bonds. The summed E-state index contributed by atoms with van der Waals surface area (Å²) in [6.45, 7) is 3.84. The monoisotopic (exact) mass is 356 g/mol. The lowest BCUT2D eigenvalue weighted by molar-refractivity contribution is -0.138. The van der Waals surface area contributed by atoms with Crippen LogP contribution in [0.3, 0.4) is 0 Å². The summed E-state index contributed by atoms with van der Waals surface area (Å²) in [4.78, 5) is 35.8. The highest BCUT2D eigenvalue weighted by molar-refractivity contribution is 5.80. The van der Waals surface area contributed by atoms with Crippen molar-refractivity contribution in [1.82, 2.24) is 19.7 Å². The number of rotatable bonds is 4. The first-order chi connectivity index (χ1) is 12.7. The van der Waals surface area contributed by atoms with Crippen molar-refractivity contribution in [1.29, 1.82) is 0 Å². The van der Waals surface area contributed by atoms with Crippen LogP contribution in [0.5, 0.6) is 0 Å². The lowest BCUT2D eigenvalue weighted by atomic mass is 9.95. The first-order valence-electron chi connectivity index (χ1n) is 9.95. The second-order valence-electron chi connectivity index (χ2n) is 7.80. The van der Waals surface area contributed by atoms with Crippen molar-refractivity contribution in [3.63, 3.8) is 0 Å². The van der Waals surface area contributed by atoms with Crippen LogP contribution in [0.15, 0.2) is 24.5 Å². The summed E-state index contributed by atoms with van der Waals surface area (Å²) < 4.78 is 0. The molecule has 0 unspecified atom stereocenters. The van der Waals surface area contributed by atoms with E-state index in [0.717, 1.165) is 57.2 Å². The first-order valence-corrected chi connectivity index (χ1v) is 9.95. The molecule has 1 aromatic heterocycles. The molecule has 6 heteroatoms. The second kappa shape index (κ2) is 7.64. The minimum absolute atomic E-state index is 0.0508. The van der Waals surface area contributed by atoms with Gasteiger partial charge in [0.1, 0.15) is 0 Å². The molecule has 2 saturated heterocycles. The zero-order chi connectivity index (χ0) is 17.9. The SMILES string of the molecule is O=C(N1CCCC1)N1CCC(C(=O)N(Cc2cccnc2)C2CC2)CC1. The molecule has 0 atom stereocenters. The molecule has 1 aromatic rings. The highest BCUT2D eigenvalue weighted by atomic mass is 16.2. The molecule has 26 heavy (non-hydrogen) atoms. The van der Waals surface area contributed by atoms with Gasteiger partial charge >= 0.3 is 6.03 Å². The zero-order valence-corrected chi connectivity index (χ0v) is 15.3. The van der Waals surface area contributed by atoms with Crippen LogP contribution in [-0.4, -0.2) is 63.8 Å². The van der Waals surface area contributed by atoms with Crippen molar-refractivity contribution >= 4 is 11.9 Å². The van der Waals surface area contributed by atoms with Gasteiger partial charge in [0.15, 0.2) is 0 Å². The fraction of sp³-hybridized carbons (Fsp3) is 0.650. The van der Waals surface area contributed by atoms with Crippen LogP contribution in [0.2, 0.25) is 0 Å². The maximum absolute atomic E-state index is 13.1. The second-order valence-corrected chi connectivity index (χ2v) is 7.80. The molecule has 3 aliphatic rings. The summed E-state index contributed by atoms with van der Waals surface area (Å²) in [6.07, 6.45) is 9.64. The standard InChI is InChI=1S/C20H28N4O2/c25-19(24(18-5-6-18)15-16-4-3-9-21-14-16)17-7-12-23(13-8-17)20(26)22-10-1-2-11-22/h3-4,9,14,17-18H,1-2,5-8,10-13,15H2. The molecular weight excluding hydrogens is 328 g/mol. The molecule has 0 aromatic carbocycles. The van der Waals surface area contributed by atoms with E-state index in [-0.39, 0.29) is 17.9 Å². The molecule has 140 valence electrons.